The second-order valence-electron chi connectivity index (χ2n) is 5.58. The van der Waals surface area contributed by atoms with E-state index in [9.17, 15) is 0 Å². The number of furan rings is 1. The van der Waals surface area contributed by atoms with E-state index in [4.69, 9.17) is 10.2 Å². The van der Waals surface area contributed by atoms with Crippen molar-refractivity contribution in [2.45, 2.75) is 64.6 Å². The predicted octanol–water partition coefficient (Wildman–Crippen LogP) is 3.20. The Hall–Kier alpha value is -0.800. The van der Waals surface area contributed by atoms with Crippen molar-refractivity contribution in [2.24, 2.45) is 5.73 Å². The molecule has 0 saturated heterocycles. The van der Waals surface area contributed by atoms with Crippen molar-refractivity contribution in [3.05, 3.63) is 23.2 Å². The van der Waals surface area contributed by atoms with Crippen molar-refractivity contribution >= 4 is 0 Å². The third-order valence-corrected chi connectivity index (χ3v) is 4.11. The molecular weight excluding hydrogens is 224 g/mol. The summed E-state index contributed by atoms with van der Waals surface area (Å²) in [6, 6.07) is 2.86. The van der Waals surface area contributed by atoms with E-state index >= 15 is 0 Å². The van der Waals surface area contributed by atoms with Crippen LogP contribution in [0, 0.1) is 6.92 Å². The molecule has 1 aromatic rings. The van der Waals surface area contributed by atoms with Crippen LogP contribution in [0.4, 0.5) is 0 Å². The summed E-state index contributed by atoms with van der Waals surface area (Å²) in [7, 11) is 2.22. The quantitative estimate of drug-likeness (QED) is 0.834. The normalized spacial score (nSPS) is 18.2. The molecule has 2 N–H and O–H groups in total. The Morgan fingerprint density at radius 3 is 2.50 bits per heavy atom. The van der Waals surface area contributed by atoms with E-state index in [1.807, 2.05) is 0 Å². The van der Waals surface area contributed by atoms with Crippen molar-refractivity contribution in [1.29, 1.82) is 0 Å². The molecule has 3 heteroatoms. The van der Waals surface area contributed by atoms with Crippen LogP contribution in [0.2, 0.25) is 0 Å². The first-order chi connectivity index (χ1) is 8.70. The lowest BCUT2D eigenvalue weighted by molar-refractivity contribution is 0.197. The Labute approximate surface area is 110 Å². The summed E-state index contributed by atoms with van der Waals surface area (Å²) in [6.07, 6.45) is 8.23. The van der Waals surface area contributed by atoms with Crippen LogP contribution in [0.3, 0.4) is 0 Å². The Bertz CT molecular complexity index is 365. The highest BCUT2D eigenvalue weighted by Crippen LogP contribution is 2.23. The number of aryl methyl sites for hydroxylation is 1. The minimum Gasteiger partial charge on any atom is -0.463 e. The van der Waals surface area contributed by atoms with Gasteiger partial charge < -0.3 is 10.2 Å². The number of hydrogen-bond acceptors (Lipinski definition) is 3. The average Bonchev–Trinajstić information content (AvgIpc) is 2.58. The monoisotopic (exact) mass is 250 g/mol. The first-order valence-corrected chi connectivity index (χ1v) is 7.19. The summed E-state index contributed by atoms with van der Waals surface area (Å²) in [6.45, 7) is 3.48. The van der Waals surface area contributed by atoms with Crippen LogP contribution >= 0.6 is 0 Å². The fourth-order valence-electron chi connectivity index (χ4n) is 2.94. The van der Waals surface area contributed by atoms with Gasteiger partial charge >= 0.3 is 0 Å². The minimum atomic E-state index is 0.499. The van der Waals surface area contributed by atoms with Gasteiger partial charge in [-0.15, -0.1) is 0 Å². The van der Waals surface area contributed by atoms with Gasteiger partial charge in [0, 0.05) is 6.04 Å². The fourth-order valence-corrected chi connectivity index (χ4v) is 2.94. The molecule has 102 valence electrons. The zero-order chi connectivity index (χ0) is 13.0. The van der Waals surface area contributed by atoms with Crippen LogP contribution in [0.15, 0.2) is 10.5 Å². The largest absolute Gasteiger partial charge is 0.463 e. The van der Waals surface area contributed by atoms with E-state index in [0.717, 1.165) is 24.1 Å². The molecule has 0 radical (unpaired) electrons. The van der Waals surface area contributed by atoms with Gasteiger partial charge in [0.2, 0.25) is 0 Å². The first kappa shape index (κ1) is 13.6. The maximum Gasteiger partial charge on any atom is 0.120 e. The molecule has 1 saturated carbocycles. The lowest BCUT2D eigenvalue weighted by Crippen LogP contribution is -2.30. The minimum absolute atomic E-state index is 0.499. The molecule has 3 nitrogen and oxygen atoms in total. The van der Waals surface area contributed by atoms with E-state index in [1.165, 1.54) is 44.1 Å². The van der Waals surface area contributed by atoms with Crippen molar-refractivity contribution in [1.82, 2.24) is 4.90 Å². The zero-order valence-corrected chi connectivity index (χ0v) is 11.7. The highest BCUT2D eigenvalue weighted by Gasteiger charge is 2.18. The molecular formula is C15H26N2O. The number of hydrogen-bond donors (Lipinski definition) is 1. The second kappa shape index (κ2) is 6.39. The van der Waals surface area contributed by atoms with Gasteiger partial charge in [-0.3, -0.25) is 4.90 Å². The van der Waals surface area contributed by atoms with E-state index in [-0.39, 0.29) is 0 Å². The molecule has 0 unspecified atom stereocenters. The molecule has 0 aliphatic heterocycles. The van der Waals surface area contributed by atoms with Gasteiger partial charge in [-0.1, -0.05) is 25.7 Å². The number of rotatable bonds is 4. The molecule has 0 amide bonds. The summed E-state index contributed by atoms with van der Waals surface area (Å²) in [4.78, 5) is 2.45. The Kier molecular flexibility index (Phi) is 4.84. The molecule has 1 aliphatic rings. The van der Waals surface area contributed by atoms with E-state index in [0.29, 0.717) is 6.54 Å². The Morgan fingerprint density at radius 2 is 1.94 bits per heavy atom. The summed E-state index contributed by atoms with van der Waals surface area (Å²) in [5, 5.41) is 0. The highest BCUT2D eigenvalue weighted by molar-refractivity contribution is 5.19. The molecule has 0 atom stereocenters. The zero-order valence-electron chi connectivity index (χ0n) is 11.7. The summed E-state index contributed by atoms with van der Waals surface area (Å²) < 4.78 is 5.79. The van der Waals surface area contributed by atoms with Gasteiger partial charge in [-0.25, -0.2) is 0 Å². The van der Waals surface area contributed by atoms with Crippen LogP contribution in [-0.2, 0) is 13.1 Å². The fraction of sp³-hybridized carbons (Fsp3) is 0.733. The van der Waals surface area contributed by atoms with Crippen molar-refractivity contribution in [3.63, 3.8) is 0 Å². The molecule has 0 aromatic carbocycles. The average molecular weight is 250 g/mol. The summed E-state index contributed by atoms with van der Waals surface area (Å²) in [5.74, 6) is 1.99. The lowest BCUT2D eigenvalue weighted by atomic mass is 10.1. The van der Waals surface area contributed by atoms with Crippen LogP contribution in [0.25, 0.3) is 0 Å². The first-order valence-electron chi connectivity index (χ1n) is 7.19. The van der Waals surface area contributed by atoms with Crippen LogP contribution in [-0.4, -0.2) is 18.0 Å². The standard InChI is InChI=1S/C15H26N2O/c1-12-9-14(18-15(12)10-16)11-17(2)13-7-5-3-4-6-8-13/h9,13H,3-8,10-11,16H2,1-2H3. The molecule has 0 spiro atoms. The molecule has 18 heavy (non-hydrogen) atoms. The van der Waals surface area contributed by atoms with E-state index in [2.05, 4.69) is 24.9 Å². The molecule has 1 aliphatic carbocycles. The van der Waals surface area contributed by atoms with E-state index < -0.39 is 0 Å². The van der Waals surface area contributed by atoms with Gasteiger partial charge in [0.1, 0.15) is 11.5 Å². The number of nitrogens with two attached hydrogens (primary N) is 1. The van der Waals surface area contributed by atoms with Gasteiger partial charge in [-0.2, -0.15) is 0 Å². The predicted molar refractivity (Wildman–Crippen MR) is 74.3 cm³/mol. The topological polar surface area (TPSA) is 42.4 Å². The summed E-state index contributed by atoms with van der Waals surface area (Å²) in [5.41, 5.74) is 6.83. The SMILES string of the molecule is Cc1cc(CN(C)C2CCCCCC2)oc1CN. The summed E-state index contributed by atoms with van der Waals surface area (Å²) >= 11 is 0. The molecule has 1 heterocycles. The third kappa shape index (κ3) is 3.36. The van der Waals surface area contributed by atoms with Gasteiger partial charge in [-0.05, 0) is 38.4 Å². The van der Waals surface area contributed by atoms with Crippen LogP contribution in [0.5, 0.6) is 0 Å². The van der Waals surface area contributed by atoms with Gasteiger partial charge in [0.25, 0.3) is 0 Å². The molecule has 1 aromatic heterocycles. The smallest absolute Gasteiger partial charge is 0.120 e. The van der Waals surface area contributed by atoms with Crippen molar-refractivity contribution in [2.75, 3.05) is 7.05 Å². The Balaban J connectivity index is 1.94. The maximum atomic E-state index is 5.79. The molecule has 0 bridgehead atoms. The third-order valence-electron chi connectivity index (χ3n) is 4.11. The van der Waals surface area contributed by atoms with Crippen molar-refractivity contribution in [3.8, 4) is 0 Å². The van der Waals surface area contributed by atoms with Crippen LogP contribution in [0.1, 0.15) is 55.6 Å². The van der Waals surface area contributed by atoms with Gasteiger partial charge in [0.15, 0.2) is 0 Å². The number of nitrogens with zero attached hydrogens (tertiary/aromatic N) is 1. The maximum absolute atomic E-state index is 5.79. The Morgan fingerprint density at radius 1 is 1.28 bits per heavy atom. The van der Waals surface area contributed by atoms with E-state index in [1.54, 1.807) is 0 Å². The lowest BCUT2D eigenvalue weighted by Gasteiger charge is -2.26. The van der Waals surface area contributed by atoms with Crippen LogP contribution < -0.4 is 5.73 Å². The van der Waals surface area contributed by atoms with Crippen molar-refractivity contribution < 1.29 is 4.42 Å². The second-order valence-corrected chi connectivity index (χ2v) is 5.58. The van der Waals surface area contributed by atoms with Gasteiger partial charge in [0.05, 0.1) is 13.1 Å². The molecule has 1 fully saturated rings. The molecule has 2 rings (SSSR count). The highest BCUT2D eigenvalue weighted by atomic mass is 16.3.